The molecule has 6 aromatic carbocycles. The minimum atomic E-state index is 1.14. The van der Waals surface area contributed by atoms with Gasteiger partial charge in [0.25, 0.3) is 0 Å². The average molecular weight is 519 g/mol. The van der Waals surface area contributed by atoms with E-state index in [1.807, 2.05) is 0 Å². The first-order valence-corrected chi connectivity index (χ1v) is 13.9. The third-order valence-corrected chi connectivity index (χ3v) is 7.61. The zero-order valence-electron chi connectivity index (χ0n) is 23.6. The molecule has 6 rings (SSSR count). The highest BCUT2D eigenvalue weighted by Crippen LogP contribution is 2.46. The summed E-state index contributed by atoms with van der Waals surface area (Å²) in [5.74, 6) is 0. The van der Waals surface area contributed by atoms with Crippen LogP contribution < -0.4 is 9.80 Å². The van der Waals surface area contributed by atoms with Gasteiger partial charge in [0.2, 0.25) is 0 Å². The van der Waals surface area contributed by atoms with E-state index in [4.69, 9.17) is 0 Å². The number of rotatable bonds is 6. The summed E-state index contributed by atoms with van der Waals surface area (Å²) in [5.41, 5.74) is 11.9. The number of aryl methyl sites for hydroxylation is 4. The third kappa shape index (κ3) is 4.74. The Morgan fingerprint density at radius 3 is 1.00 bits per heavy atom. The van der Waals surface area contributed by atoms with E-state index in [2.05, 4.69) is 171 Å². The Bertz CT molecular complexity index is 1620. The first-order valence-electron chi connectivity index (χ1n) is 13.9. The van der Waals surface area contributed by atoms with Crippen molar-refractivity contribution >= 4 is 44.9 Å². The zero-order valence-corrected chi connectivity index (χ0v) is 23.6. The second kappa shape index (κ2) is 10.7. The van der Waals surface area contributed by atoms with E-state index in [0.29, 0.717) is 0 Å². The van der Waals surface area contributed by atoms with Gasteiger partial charge in [0.05, 0.1) is 11.4 Å². The number of nitrogens with zero attached hydrogens (tertiary/aromatic N) is 2. The summed E-state index contributed by atoms with van der Waals surface area (Å²) in [6.07, 6.45) is 0. The molecule has 0 atom stereocenters. The first-order chi connectivity index (χ1) is 19.5. The topological polar surface area (TPSA) is 6.48 Å². The second-order valence-electron chi connectivity index (χ2n) is 10.6. The van der Waals surface area contributed by atoms with Gasteiger partial charge in [-0.3, -0.25) is 0 Å². The van der Waals surface area contributed by atoms with Crippen molar-refractivity contribution < 1.29 is 0 Å². The molecule has 0 bridgehead atoms. The Labute approximate surface area is 237 Å². The number of hydrogen-bond acceptors (Lipinski definition) is 2. The van der Waals surface area contributed by atoms with Gasteiger partial charge in [-0.25, -0.2) is 0 Å². The lowest BCUT2D eigenvalue weighted by Gasteiger charge is -2.32. The van der Waals surface area contributed by atoms with Crippen molar-refractivity contribution in [3.05, 3.63) is 156 Å². The molecular formula is C38H34N2. The van der Waals surface area contributed by atoms with Crippen molar-refractivity contribution in [3.8, 4) is 0 Å². The maximum atomic E-state index is 2.40. The predicted octanol–water partition coefficient (Wildman–Crippen LogP) is 11.0. The van der Waals surface area contributed by atoms with Gasteiger partial charge in [-0.15, -0.1) is 0 Å². The van der Waals surface area contributed by atoms with Crippen molar-refractivity contribution in [3.63, 3.8) is 0 Å². The molecule has 0 fully saturated rings. The highest BCUT2D eigenvalue weighted by atomic mass is 15.2. The molecule has 0 unspecified atom stereocenters. The fraction of sp³-hybridized carbons (Fsp3) is 0.105. The normalized spacial score (nSPS) is 11.0. The maximum Gasteiger partial charge on any atom is 0.0569 e. The van der Waals surface area contributed by atoms with Crippen LogP contribution in [-0.2, 0) is 0 Å². The minimum Gasteiger partial charge on any atom is -0.310 e. The van der Waals surface area contributed by atoms with Crippen LogP contribution in [0.2, 0.25) is 0 Å². The Morgan fingerprint density at radius 2 is 0.650 bits per heavy atom. The van der Waals surface area contributed by atoms with E-state index in [-0.39, 0.29) is 0 Å². The molecule has 0 amide bonds. The van der Waals surface area contributed by atoms with Crippen LogP contribution in [0.4, 0.5) is 34.1 Å². The van der Waals surface area contributed by atoms with E-state index in [1.165, 1.54) is 44.4 Å². The summed E-state index contributed by atoms with van der Waals surface area (Å²) in [4.78, 5) is 4.80. The molecule has 196 valence electrons. The molecule has 0 radical (unpaired) electrons. The van der Waals surface area contributed by atoms with Gasteiger partial charge in [0.15, 0.2) is 0 Å². The molecule has 6 aromatic rings. The van der Waals surface area contributed by atoms with E-state index in [9.17, 15) is 0 Å². The van der Waals surface area contributed by atoms with Crippen LogP contribution in [0, 0.1) is 27.7 Å². The maximum absolute atomic E-state index is 2.40. The molecule has 0 saturated carbocycles. The smallest absolute Gasteiger partial charge is 0.0569 e. The average Bonchev–Trinajstić information content (AvgIpc) is 2.98. The zero-order chi connectivity index (χ0) is 27.6. The summed E-state index contributed by atoms with van der Waals surface area (Å²) in [6, 6.07) is 48.1. The van der Waals surface area contributed by atoms with E-state index in [1.54, 1.807) is 0 Å². The van der Waals surface area contributed by atoms with Crippen LogP contribution in [0.3, 0.4) is 0 Å². The molecular weight excluding hydrogens is 484 g/mol. The SMILES string of the molecule is Cc1ccc(N(c2ccccc2)c2c(C)ccc3c(N(c4ccccc4)c4ccc(C)cc4)c(C)ccc23)cc1. The molecule has 40 heavy (non-hydrogen) atoms. The van der Waals surface area contributed by atoms with Crippen LogP contribution in [0.25, 0.3) is 10.8 Å². The van der Waals surface area contributed by atoms with Crippen molar-refractivity contribution in [1.29, 1.82) is 0 Å². The second-order valence-corrected chi connectivity index (χ2v) is 10.6. The van der Waals surface area contributed by atoms with Crippen LogP contribution >= 0.6 is 0 Å². The van der Waals surface area contributed by atoms with Gasteiger partial charge in [-0.05, 0) is 87.4 Å². The van der Waals surface area contributed by atoms with E-state index in [0.717, 1.165) is 22.7 Å². The summed E-state index contributed by atoms with van der Waals surface area (Å²) >= 11 is 0. The molecule has 0 spiro atoms. The van der Waals surface area contributed by atoms with Crippen LogP contribution in [-0.4, -0.2) is 0 Å². The van der Waals surface area contributed by atoms with Crippen LogP contribution in [0.15, 0.2) is 133 Å². The number of benzene rings is 6. The largest absolute Gasteiger partial charge is 0.310 e. The van der Waals surface area contributed by atoms with Gasteiger partial charge in [-0.2, -0.15) is 0 Å². The van der Waals surface area contributed by atoms with Gasteiger partial charge in [-0.1, -0.05) is 96.1 Å². The molecule has 0 saturated heterocycles. The van der Waals surface area contributed by atoms with Crippen molar-refractivity contribution in [2.75, 3.05) is 9.80 Å². The highest BCUT2D eigenvalue weighted by Gasteiger charge is 2.22. The van der Waals surface area contributed by atoms with Crippen molar-refractivity contribution in [1.82, 2.24) is 0 Å². The van der Waals surface area contributed by atoms with Crippen LogP contribution in [0.1, 0.15) is 22.3 Å². The predicted molar refractivity (Wildman–Crippen MR) is 172 cm³/mol. The molecule has 0 aromatic heterocycles. The summed E-state index contributed by atoms with van der Waals surface area (Å²) in [6.45, 7) is 8.71. The van der Waals surface area contributed by atoms with E-state index < -0.39 is 0 Å². The summed E-state index contributed by atoms with van der Waals surface area (Å²) in [7, 11) is 0. The standard InChI is InChI=1S/C38H34N2/c1-27-15-21-33(22-16-27)39(31-11-7-5-8-12-31)37-29(3)19-26-36-35(37)25-20-30(4)38(36)40(32-13-9-6-10-14-32)34-23-17-28(2)18-24-34/h5-26H,1-4H3. The molecule has 2 heteroatoms. The van der Waals surface area contributed by atoms with Gasteiger partial charge >= 0.3 is 0 Å². The lowest BCUT2D eigenvalue weighted by molar-refractivity contribution is 1.24. The van der Waals surface area contributed by atoms with E-state index >= 15 is 0 Å². The molecule has 0 aliphatic heterocycles. The Kier molecular flexibility index (Phi) is 6.84. The molecule has 0 aliphatic rings. The number of anilines is 6. The number of para-hydroxylation sites is 2. The quantitative estimate of drug-likeness (QED) is 0.216. The van der Waals surface area contributed by atoms with Gasteiger partial charge < -0.3 is 9.80 Å². The molecule has 0 aliphatic carbocycles. The highest BCUT2D eigenvalue weighted by molar-refractivity contribution is 6.08. The number of fused-ring (bicyclic) bond motifs is 1. The Morgan fingerprint density at radius 1 is 0.325 bits per heavy atom. The monoisotopic (exact) mass is 518 g/mol. The van der Waals surface area contributed by atoms with Gasteiger partial charge in [0, 0.05) is 33.5 Å². The molecule has 2 nitrogen and oxygen atoms in total. The Balaban J connectivity index is 1.65. The Hall–Kier alpha value is -4.82. The number of hydrogen-bond donors (Lipinski definition) is 0. The summed E-state index contributed by atoms with van der Waals surface area (Å²) < 4.78 is 0. The van der Waals surface area contributed by atoms with Gasteiger partial charge in [0.1, 0.15) is 0 Å². The fourth-order valence-electron chi connectivity index (χ4n) is 5.54. The lowest BCUT2D eigenvalue weighted by atomic mass is 9.97. The lowest BCUT2D eigenvalue weighted by Crippen LogP contribution is -2.14. The minimum absolute atomic E-state index is 1.14. The molecule has 0 heterocycles. The van der Waals surface area contributed by atoms with Crippen molar-refractivity contribution in [2.45, 2.75) is 27.7 Å². The van der Waals surface area contributed by atoms with Crippen molar-refractivity contribution in [2.24, 2.45) is 0 Å². The summed E-state index contributed by atoms with van der Waals surface area (Å²) in [5, 5.41) is 2.44. The fourth-order valence-corrected chi connectivity index (χ4v) is 5.54. The molecule has 0 N–H and O–H groups in total. The van der Waals surface area contributed by atoms with Crippen LogP contribution in [0.5, 0.6) is 0 Å². The first kappa shape index (κ1) is 25.5. The third-order valence-electron chi connectivity index (χ3n) is 7.61.